The molecule has 5 heteroatoms. The molecule has 2 aromatic heterocycles. The molecule has 0 aliphatic heterocycles. The number of hydrogen-bond donors (Lipinski definition) is 1. The van der Waals surface area contributed by atoms with Crippen molar-refractivity contribution in [3.8, 4) is 0 Å². The van der Waals surface area contributed by atoms with Gasteiger partial charge in [0.2, 0.25) is 5.95 Å². The first kappa shape index (κ1) is 23.3. The molecule has 0 unspecified atom stereocenters. The summed E-state index contributed by atoms with van der Waals surface area (Å²) in [5, 5.41) is 0. The van der Waals surface area contributed by atoms with Gasteiger partial charge in [0, 0.05) is 31.2 Å². The van der Waals surface area contributed by atoms with Crippen molar-refractivity contribution in [3.05, 3.63) is 66.2 Å². The Morgan fingerprint density at radius 1 is 1.14 bits per heavy atom. The highest BCUT2D eigenvalue weighted by Crippen LogP contribution is 2.22. The molecule has 0 aromatic carbocycles. The number of rotatable bonds is 3. The predicted molar refractivity (Wildman–Crippen MR) is 120 cm³/mol. The van der Waals surface area contributed by atoms with Gasteiger partial charge in [-0.15, -0.1) is 0 Å². The average molecular weight is 382 g/mol. The van der Waals surface area contributed by atoms with Crippen molar-refractivity contribution < 1.29 is 0 Å². The van der Waals surface area contributed by atoms with Crippen molar-refractivity contribution in [3.63, 3.8) is 0 Å². The van der Waals surface area contributed by atoms with E-state index in [1.807, 2.05) is 50.7 Å². The number of nitrogens with two attached hydrogens (primary N) is 1. The van der Waals surface area contributed by atoms with E-state index in [9.17, 15) is 0 Å². The van der Waals surface area contributed by atoms with Crippen LogP contribution in [-0.2, 0) is 7.05 Å². The van der Waals surface area contributed by atoms with Crippen LogP contribution < -0.4 is 11.2 Å². The highest BCUT2D eigenvalue weighted by Gasteiger charge is 2.08. The average Bonchev–Trinajstić information content (AvgIpc) is 2.72. The van der Waals surface area contributed by atoms with Crippen molar-refractivity contribution in [1.82, 2.24) is 14.5 Å². The second-order valence-corrected chi connectivity index (χ2v) is 6.53. The van der Waals surface area contributed by atoms with Crippen molar-refractivity contribution >= 4 is 11.5 Å². The van der Waals surface area contributed by atoms with Crippen LogP contribution >= 0.6 is 0 Å². The molecule has 1 aliphatic rings. The lowest BCUT2D eigenvalue weighted by molar-refractivity contribution is 0.504. The van der Waals surface area contributed by atoms with Gasteiger partial charge in [-0.2, -0.15) is 0 Å². The quantitative estimate of drug-likeness (QED) is 0.796. The molecule has 2 heterocycles. The minimum atomic E-state index is 0.268. The fourth-order valence-electron chi connectivity index (χ4n) is 3.00. The third-order valence-corrected chi connectivity index (χ3v) is 4.50. The van der Waals surface area contributed by atoms with Crippen LogP contribution in [0.1, 0.15) is 69.2 Å². The zero-order chi connectivity index (χ0) is 20.9. The number of hydrogen-bond acceptors (Lipinski definition) is 4. The molecular formula is C23H35N5. The van der Waals surface area contributed by atoms with Gasteiger partial charge >= 0.3 is 0 Å². The van der Waals surface area contributed by atoms with E-state index in [-0.39, 0.29) is 5.95 Å². The number of anilines is 1. The molecule has 28 heavy (non-hydrogen) atoms. The highest BCUT2D eigenvalue weighted by molar-refractivity contribution is 5.78. The van der Waals surface area contributed by atoms with Crippen molar-refractivity contribution in [2.45, 2.75) is 59.3 Å². The smallest absolute Gasteiger partial charge is 0.220 e. The van der Waals surface area contributed by atoms with E-state index in [0.29, 0.717) is 0 Å². The summed E-state index contributed by atoms with van der Waals surface area (Å²) in [4.78, 5) is 12.3. The normalized spacial score (nSPS) is 13.5. The Balaban J connectivity index is 0.000000411. The van der Waals surface area contributed by atoms with E-state index in [1.165, 1.54) is 44.7 Å². The summed E-state index contributed by atoms with van der Waals surface area (Å²) >= 11 is 0. The number of aryl methyl sites for hydroxylation is 2. The number of nitrogen functional groups attached to an aromatic ring is 1. The molecule has 0 spiro atoms. The van der Waals surface area contributed by atoms with Crippen LogP contribution in [0.25, 0.3) is 5.57 Å². The van der Waals surface area contributed by atoms with Crippen LogP contribution in [0.4, 0.5) is 5.95 Å². The van der Waals surface area contributed by atoms with Gasteiger partial charge in [0.05, 0.1) is 5.69 Å². The molecule has 152 valence electrons. The second kappa shape index (κ2) is 12.7. The Hall–Kier alpha value is -2.69. The van der Waals surface area contributed by atoms with E-state index in [0.717, 1.165) is 27.9 Å². The third-order valence-electron chi connectivity index (χ3n) is 4.50. The van der Waals surface area contributed by atoms with Gasteiger partial charge in [0.15, 0.2) is 0 Å². The molecule has 1 saturated carbocycles. The van der Waals surface area contributed by atoms with Gasteiger partial charge < -0.3 is 10.3 Å². The molecule has 2 aromatic rings. The molecule has 0 radical (unpaired) electrons. The van der Waals surface area contributed by atoms with Crippen molar-refractivity contribution in [2.24, 2.45) is 12.0 Å². The Morgan fingerprint density at radius 3 is 2.18 bits per heavy atom. The molecule has 5 nitrogen and oxygen atoms in total. The van der Waals surface area contributed by atoms with Gasteiger partial charge in [0.1, 0.15) is 5.49 Å². The van der Waals surface area contributed by atoms with E-state index >= 15 is 0 Å². The minimum Gasteiger partial charge on any atom is -0.368 e. The van der Waals surface area contributed by atoms with Gasteiger partial charge in [-0.1, -0.05) is 65.5 Å². The summed E-state index contributed by atoms with van der Waals surface area (Å²) in [6.45, 7) is 13.6. The van der Waals surface area contributed by atoms with Crippen LogP contribution in [0.15, 0.2) is 48.9 Å². The summed E-state index contributed by atoms with van der Waals surface area (Å²) in [7, 11) is 1.92. The monoisotopic (exact) mass is 381 g/mol. The van der Waals surface area contributed by atoms with Gasteiger partial charge in [-0.3, -0.25) is 0 Å². The fourth-order valence-corrected chi connectivity index (χ4v) is 3.00. The first-order valence-electron chi connectivity index (χ1n) is 10.1. The lowest BCUT2D eigenvalue weighted by Gasteiger charge is -2.10. The molecule has 0 bridgehead atoms. The Labute approximate surface area is 169 Å². The van der Waals surface area contributed by atoms with Crippen LogP contribution in [0, 0.1) is 6.92 Å². The molecule has 2 N–H and O–H groups in total. The van der Waals surface area contributed by atoms with Gasteiger partial charge in [-0.25, -0.2) is 15.0 Å². The second-order valence-electron chi connectivity index (χ2n) is 6.53. The molecule has 0 saturated heterocycles. The number of aromatic nitrogens is 3. The zero-order valence-corrected chi connectivity index (χ0v) is 17.9. The van der Waals surface area contributed by atoms with Crippen molar-refractivity contribution in [2.75, 3.05) is 5.73 Å². The SMILES string of the molecule is C1CCCCC1.C=CN=c1ccc(C(=C)c2cnc(N)nc2C)cn1C.CC. The minimum absolute atomic E-state index is 0.268. The van der Waals surface area contributed by atoms with E-state index in [4.69, 9.17) is 5.73 Å². The molecule has 1 aliphatic carbocycles. The lowest BCUT2D eigenvalue weighted by atomic mass is 10.0. The molecule has 0 atom stereocenters. The standard InChI is InChI=1S/C15H17N5.C6H12.C2H6/c1-5-17-14-7-6-12(9-20(14)4)10(2)13-8-18-15(16)19-11(13)3;1-2-4-6-5-3-1;1-2/h5-9H,1-2H2,3-4H3,(H2,16,18,19);1-6H2;1-2H3. The van der Waals surface area contributed by atoms with E-state index in [1.54, 1.807) is 6.20 Å². The Kier molecular flexibility index (Phi) is 10.6. The Morgan fingerprint density at radius 2 is 1.71 bits per heavy atom. The van der Waals surface area contributed by atoms with Crippen LogP contribution in [0.3, 0.4) is 0 Å². The van der Waals surface area contributed by atoms with Crippen LogP contribution in [0.5, 0.6) is 0 Å². The lowest BCUT2D eigenvalue weighted by Crippen LogP contribution is -2.16. The fraction of sp³-hybridized carbons (Fsp3) is 0.435. The maximum atomic E-state index is 5.57. The molecule has 1 fully saturated rings. The summed E-state index contributed by atoms with van der Waals surface area (Å²) in [5.74, 6) is 0.268. The molecular weight excluding hydrogens is 346 g/mol. The Bertz CT molecular complexity index is 818. The zero-order valence-electron chi connectivity index (χ0n) is 17.9. The van der Waals surface area contributed by atoms with Crippen LogP contribution in [0.2, 0.25) is 0 Å². The number of pyridine rings is 1. The highest BCUT2D eigenvalue weighted by atomic mass is 15.0. The van der Waals surface area contributed by atoms with Crippen LogP contribution in [-0.4, -0.2) is 14.5 Å². The maximum absolute atomic E-state index is 5.57. The van der Waals surface area contributed by atoms with Crippen molar-refractivity contribution in [1.29, 1.82) is 0 Å². The van der Waals surface area contributed by atoms with E-state index < -0.39 is 0 Å². The number of nitrogens with zero attached hydrogens (tertiary/aromatic N) is 4. The molecule has 3 rings (SSSR count). The van der Waals surface area contributed by atoms with Gasteiger partial charge in [0.25, 0.3) is 0 Å². The van der Waals surface area contributed by atoms with Gasteiger partial charge in [-0.05, 0) is 30.2 Å². The first-order chi connectivity index (χ1) is 13.5. The summed E-state index contributed by atoms with van der Waals surface area (Å²) in [6.07, 6.45) is 14.2. The largest absolute Gasteiger partial charge is 0.368 e. The topological polar surface area (TPSA) is 69.1 Å². The van der Waals surface area contributed by atoms with E-state index in [2.05, 4.69) is 28.1 Å². The first-order valence-corrected chi connectivity index (χ1v) is 10.1. The summed E-state index contributed by atoms with van der Waals surface area (Å²) < 4.78 is 1.91. The maximum Gasteiger partial charge on any atom is 0.220 e. The summed E-state index contributed by atoms with van der Waals surface area (Å²) in [6, 6.07) is 3.87. The predicted octanol–water partition coefficient (Wildman–Crippen LogP) is 5.18. The molecule has 0 amide bonds. The summed E-state index contributed by atoms with van der Waals surface area (Å²) in [5.41, 5.74) is 9.91. The third kappa shape index (κ3) is 7.14.